The van der Waals surface area contributed by atoms with Crippen LogP contribution in [0.15, 0.2) is 54.7 Å². The van der Waals surface area contributed by atoms with Gasteiger partial charge in [-0.3, -0.25) is 4.98 Å². The Hall–Kier alpha value is -2.46. The summed E-state index contributed by atoms with van der Waals surface area (Å²) in [6.45, 7) is 0. The summed E-state index contributed by atoms with van der Waals surface area (Å²) in [7, 11) is 0. The predicted octanol–water partition coefficient (Wildman–Crippen LogP) is 3.04. The number of nitrogens with two attached hydrogens (primary N) is 1. The number of aliphatic hydroxyl groups excluding tert-OH is 1. The van der Waals surface area contributed by atoms with Crippen molar-refractivity contribution < 1.29 is 9.50 Å². The van der Waals surface area contributed by atoms with Crippen molar-refractivity contribution in [2.75, 3.05) is 5.73 Å². The first kappa shape index (κ1) is 12.6. The first-order valence-corrected chi connectivity index (χ1v) is 6.23. The lowest BCUT2D eigenvalue weighted by Gasteiger charge is -2.14. The number of hydrogen-bond donors (Lipinski definition) is 2. The molecular weight excluding hydrogens is 255 g/mol. The first-order chi connectivity index (χ1) is 9.65. The predicted molar refractivity (Wildman–Crippen MR) is 76.6 cm³/mol. The second kappa shape index (κ2) is 4.90. The van der Waals surface area contributed by atoms with Crippen molar-refractivity contribution in [3.63, 3.8) is 0 Å². The molecule has 0 fully saturated rings. The van der Waals surface area contributed by atoms with E-state index in [1.807, 2.05) is 24.3 Å². The maximum absolute atomic E-state index is 13.3. The van der Waals surface area contributed by atoms with E-state index in [9.17, 15) is 9.50 Å². The third-order valence-corrected chi connectivity index (χ3v) is 3.29. The summed E-state index contributed by atoms with van der Waals surface area (Å²) >= 11 is 0. The van der Waals surface area contributed by atoms with Crippen molar-refractivity contribution in [2.45, 2.75) is 6.10 Å². The van der Waals surface area contributed by atoms with Crippen molar-refractivity contribution in [2.24, 2.45) is 0 Å². The second-order valence-electron chi connectivity index (χ2n) is 4.63. The van der Waals surface area contributed by atoms with Gasteiger partial charge < -0.3 is 10.8 Å². The summed E-state index contributed by atoms with van der Waals surface area (Å²) in [5, 5.41) is 11.3. The molecule has 1 atom stereocenters. The topological polar surface area (TPSA) is 59.1 Å². The minimum absolute atomic E-state index is 0.366. The van der Waals surface area contributed by atoms with Gasteiger partial charge in [0, 0.05) is 22.8 Å². The number of nitrogen functional groups attached to an aromatic ring is 1. The Balaban J connectivity index is 2.07. The highest BCUT2D eigenvalue weighted by atomic mass is 19.1. The zero-order chi connectivity index (χ0) is 14.1. The highest BCUT2D eigenvalue weighted by Gasteiger charge is 2.14. The molecule has 1 aromatic heterocycles. The van der Waals surface area contributed by atoms with Gasteiger partial charge in [-0.05, 0) is 42.0 Å². The summed E-state index contributed by atoms with van der Waals surface area (Å²) < 4.78 is 13.3. The molecular formula is C16H13FN2O. The van der Waals surface area contributed by atoms with Crippen LogP contribution in [0.3, 0.4) is 0 Å². The van der Waals surface area contributed by atoms with Gasteiger partial charge in [0.15, 0.2) is 0 Å². The van der Waals surface area contributed by atoms with Crippen LogP contribution in [0.2, 0.25) is 0 Å². The van der Waals surface area contributed by atoms with Gasteiger partial charge in [-0.1, -0.05) is 12.1 Å². The van der Waals surface area contributed by atoms with Crippen LogP contribution in [0, 0.1) is 5.82 Å². The zero-order valence-corrected chi connectivity index (χ0v) is 10.6. The number of halogens is 1. The van der Waals surface area contributed by atoms with Gasteiger partial charge in [-0.25, -0.2) is 4.39 Å². The maximum atomic E-state index is 13.3. The Labute approximate surface area is 115 Å². The molecule has 3 rings (SSSR count). The number of anilines is 1. The van der Waals surface area contributed by atoms with E-state index in [-0.39, 0.29) is 0 Å². The molecule has 0 saturated carbocycles. The van der Waals surface area contributed by atoms with E-state index in [1.54, 1.807) is 12.3 Å². The molecule has 0 bridgehead atoms. The SMILES string of the molecule is Nc1ccc(F)cc1C(O)c1ccc2ncccc2c1. The van der Waals surface area contributed by atoms with E-state index < -0.39 is 11.9 Å². The molecule has 4 heteroatoms. The number of fused-ring (bicyclic) bond motifs is 1. The molecule has 0 spiro atoms. The number of aliphatic hydroxyl groups is 1. The van der Waals surface area contributed by atoms with Crippen molar-refractivity contribution in [1.82, 2.24) is 4.98 Å². The van der Waals surface area contributed by atoms with Gasteiger partial charge in [0.05, 0.1) is 5.52 Å². The summed E-state index contributed by atoms with van der Waals surface area (Å²) in [5.41, 5.74) is 8.03. The maximum Gasteiger partial charge on any atom is 0.123 e. The van der Waals surface area contributed by atoms with Gasteiger partial charge in [0.1, 0.15) is 11.9 Å². The quantitative estimate of drug-likeness (QED) is 0.702. The lowest BCUT2D eigenvalue weighted by atomic mass is 9.98. The third-order valence-electron chi connectivity index (χ3n) is 3.29. The number of pyridine rings is 1. The van der Waals surface area contributed by atoms with E-state index >= 15 is 0 Å². The van der Waals surface area contributed by atoms with Gasteiger partial charge in [-0.2, -0.15) is 0 Å². The Morgan fingerprint density at radius 2 is 1.95 bits per heavy atom. The molecule has 3 nitrogen and oxygen atoms in total. The molecule has 0 aliphatic carbocycles. The number of rotatable bonds is 2. The average molecular weight is 268 g/mol. The summed E-state index contributed by atoms with van der Waals surface area (Å²) in [6.07, 6.45) is 0.749. The average Bonchev–Trinajstić information content (AvgIpc) is 2.48. The number of nitrogens with zero attached hydrogens (tertiary/aromatic N) is 1. The molecule has 3 N–H and O–H groups in total. The Morgan fingerprint density at radius 3 is 2.80 bits per heavy atom. The summed E-state index contributed by atoms with van der Waals surface area (Å²) in [4.78, 5) is 4.22. The van der Waals surface area contributed by atoms with Crippen molar-refractivity contribution in [3.05, 3.63) is 71.7 Å². The molecule has 0 amide bonds. The molecule has 0 aliphatic rings. The second-order valence-corrected chi connectivity index (χ2v) is 4.63. The first-order valence-electron chi connectivity index (χ1n) is 6.23. The molecule has 2 aromatic carbocycles. The lowest BCUT2D eigenvalue weighted by Crippen LogP contribution is -2.04. The lowest BCUT2D eigenvalue weighted by molar-refractivity contribution is 0.220. The van der Waals surface area contributed by atoms with Crippen LogP contribution in [0.25, 0.3) is 10.9 Å². The fraction of sp³-hybridized carbons (Fsp3) is 0.0625. The fourth-order valence-corrected chi connectivity index (χ4v) is 2.23. The van der Waals surface area contributed by atoms with Gasteiger partial charge in [0.2, 0.25) is 0 Å². The van der Waals surface area contributed by atoms with Crippen LogP contribution in [-0.4, -0.2) is 10.1 Å². The Morgan fingerprint density at radius 1 is 1.10 bits per heavy atom. The summed E-state index contributed by atoms with van der Waals surface area (Å²) in [5.74, 6) is -0.421. The van der Waals surface area contributed by atoms with Gasteiger partial charge in [0.25, 0.3) is 0 Å². The van der Waals surface area contributed by atoms with Crippen LogP contribution in [0.5, 0.6) is 0 Å². The standard InChI is InChI=1S/C16H13FN2O/c17-12-4-5-14(18)13(9-12)16(20)11-3-6-15-10(8-11)2-1-7-19-15/h1-9,16,20H,18H2. The van der Waals surface area contributed by atoms with Crippen LogP contribution in [0.1, 0.15) is 17.2 Å². The van der Waals surface area contributed by atoms with Crippen LogP contribution in [0.4, 0.5) is 10.1 Å². The molecule has 0 radical (unpaired) electrons. The van der Waals surface area contributed by atoms with Gasteiger partial charge in [-0.15, -0.1) is 0 Å². The van der Waals surface area contributed by atoms with Crippen molar-refractivity contribution in [3.8, 4) is 0 Å². The molecule has 0 saturated heterocycles. The van der Waals surface area contributed by atoms with E-state index in [1.165, 1.54) is 18.2 Å². The molecule has 100 valence electrons. The van der Waals surface area contributed by atoms with Crippen molar-refractivity contribution >= 4 is 16.6 Å². The van der Waals surface area contributed by atoms with Crippen LogP contribution in [-0.2, 0) is 0 Å². The number of hydrogen-bond acceptors (Lipinski definition) is 3. The fourth-order valence-electron chi connectivity index (χ4n) is 2.23. The normalized spacial score (nSPS) is 12.5. The van der Waals surface area contributed by atoms with E-state index in [0.29, 0.717) is 16.8 Å². The largest absolute Gasteiger partial charge is 0.398 e. The Bertz CT molecular complexity index is 773. The number of benzene rings is 2. The van der Waals surface area contributed by atoms with Crippen molar-refractivity contribution in [1.29, 1.82) is 0 Å². The van der Waals surface area contributed by atoms with Crippen LogP contribution < -0.4 is 5.73 Å². The molecule has 0 aliphatic heterocycles. The number of aromatic nitrogens is 1. The summed E-state index contributed by atoms with van der Waals surface area (Å²) in [6, 6.07) is 13.1. The van der Waals surface area contributed by atoms with E-state index in [2.05, 4.69) is 4.98 Å². The van der Waals surface area contributed by atoms with E-state index in [4.69, 9.17) is 5.73 Å². The van der Waals surface area contributed by atoms with Gasteiger partial charge >= 0.3 is 0 Å². The third kappa shape index (κ3) is 2.21. The van der Waals surface area contributed by atoms with Crippen LogP contribution >= 0.6 is 0 Å². The molecule has 1 heterocycles. The molecule has 3 aromatic rings. The minimum Gasteiger partial charge on any atom is -0.398 e. The monoisotopic (exact) mass is 268 g/mol. The molecule has 20 heavy (non-hydrogen) atoms. The zero-order valence-electron chi connectivity index (χ0n) is 10.6. The smallest absolute Gasteiger partial charge is 0.123 e. The highest BCUT2D eigenvalue weighted by Crippen LogP contribution is 2.28. The Kier molecular flexibility index (Phi) is 3.08. The minimum atomic E-state index is -0.963. The van der Waals surface area contributed by atoms with E-state index in [0.717, 1.165) is 10.9 Å². The highest BCUT2D eigenvalue weighted by molar-refractivity contribution is 5.79. The molecule has 1 unspecified atom stereocenters.